The first-order chi connectivity index (χ1) is 38.9. The highest BCUT2D eigenvalue weighted by molar-refractivity contribution is 6.31. The summed E-state index contributed by atoms with van der Waals surface area (Å²) in [5.74, 6) is -2.12. The summed E-state index contributed by atoms with van der Waals surface area (Å²) in [5.41, 5.74) is 1.97. The number of rotatable bonds is 6. The molecule has 4 aliphatic rings. The van der Waals surface area contributed by atoms with Gasteiger partial charge in [-0.1, -0.05) is 106 Å². The lowest BCUT2D eigenvalue weighted by atomic mass is 9.86. The van der Waals surface area contributed by atoms with Crippen LogP contribution in [0.2, 0.25) is 10.3 Å². The molecule has 6 aromatic heterocycles. The summed E-state index contributed by atoms with van der Waals surface area (Å²) in [7, 11) is 0. The minimum atomic E-state index is -1.79. The molecule has 83 heavy (non-hydrogen) atoms. The van der Waals surface area contributed by atoms with Crippen molar-refractivity contribution in [1.29, 1.82) is 0 Å². The van der Waals surface area contributed by atoms with Crippen LogP contribution in [-0.4, -0.2) is 75.8 Å². The SMILES string of the molecule is C.CC[C@@]1(O)C(=O)OCc2c1cc1n(c2=O)Cc2cc3ccccc3nc2-1.CC[C@@]1(O)C(=O)OCc2c1cc[nH]c2=O.CC[C@@]1(O)C(=O)OCc2c1ccn(Cc1cc3ccccc3nc1Cl)c2=O.OCc1cc2ccccc2nc1Cl.[2HH].[2HH].[B]. The van der Waals surface area contributed by atoms with Crippen molar-refractivity contribution in [2.45, 2.75) is 104 Å². The zero-order valence-electron chi connectivity index (χ0n) is 44.4. The molecule has 0 aliphatic carbocycles. The van der Waals surface area contributed by atoms with Crippen LogP contribution in [0.4, 0.5) is 0 Å². The van der Waals surface area contributed by atoms with Gasteiger partial charge in [-0.25, -0.2) is 29.3 Å². The van der Waals surface area contributed by atoms with Crippen molar-refractivity contribution >= 4 is 82.2 Å². The van der Waals surface area contributed by atoms with Crippen LogP contribution >= 0.6 is 23.2 Å². The Morgan fingerprint density at radius 3 is 1.59 bits per heavy atom. The third-order valence-electron chi connectivity index (χ3n) is 15.0. The van der Waals surface area contributed by atoms with Crippen molar-refractivity contribution in [2.75, 3.05) is 0 Å². The van der Waals surface area contributed by atoms with Gasteiger partial charge in [0, 0.05) is 73.2 Å². The number of ether oxygens (including phenoxy) is 3. The first kappa shape index (κ1) is 60.7. The molecule has 3 atom stereocenters. The molecular formula is C61H60BCl2N6O13. The largest absolute Gasteiger partial charge is 0.458 e. The number of hydrogen-bond acceptors (Lipinski definition) is 16. The van der Waals surface area contributed by atoms with E-state index in [1.165, 1.54) is 10.8 Å². The topological polar surface area (TPSA) is 275 Å². The lowest BCUT2D eigenvalue weighted by Crippen LogP contribution is -2.44. The number of pyridine rings is 6. The van der Waals surface area contributed by atoms with Gasteiger partial charge >= 0.3 is 17.9 Å². The van der Waals surface area contributed by atoms with E-state index >= 15 is 0 Å². The molecule has 4 aliphatic heterocycles. The van der Waals surface area contributed by atoms with E-state index in [-0.39, 0.29) is 93.2 Å². The molecule has 0 bridgehead atoms. The first-order valence-electron chi connectivity index (χ1n) is 25.8. The normalized spacial score (nSPS) is 18.7. The number of aliphatic hydroxyl groups is 4. The maximum atomic E-state index is 13.0. The monoisotopic (exact) mass is 1170 g/mol. The molecular weight excluding hydrogens is 1110 g/mol. The number of esters is 3. The molecule has 22 heteroatoms. The summed E-state index contributed by atoms with van der Waals surface area (Å²) >= 11 is 12.1. The molecule has 9 aromatic rings. The fourth-order valence-corrected chi connectivity index (χ4v) is 10.7. The van der Waals surface area contributed by atoms with Gasteiger partial charge in [0.05, 0.1) is 64.3 Å². The van der Waals surface area contributed by atoms with E-state index in [0.29, 0.717) is 61.5 Å². The molecule has 13 rings (SSSR count). The van der Waals surface area contributed by atoms with E-state index < -0.39 is 34.7 Å². The van der Waals surface area contributed by atoms with Gasteiger partial charge < -0.3 is 48.8 Å². The van der Waals surface area contributed by atoms with Crippen molar-refractivity contribution in [3.05, 3.63) is 213 Å². The molecule has 0 unspecified atom stereocenters. The van der Waals surface area contributed by atoms with Gasteiger partial charge in [-0.2, -0.15) is 0 Å². The number of halogens is 2. The Labute approximate surface area is 489 Å². The number of nitrogens with one attached hydrogen (secondary N) is 1. The zero-order valence-corrected chi connectivity index (χ0v) is 46.0. The molecule has 10 heterocycles. The van der Waals surface area contributed by atoms with Gasteiger partial charge in [-0.05, 0) is 73.9 Å². The maximum absolute atomic E-state index is 13.0. The van der Waals surface area contributed by atoms with Crippen LogP contribution in [0.1, 0.15) is 100 Å². The van der Waals surface area contributed by atoms with Gasteiger partial charge in [0.15, 0.2) is 16.8 Å². The Morgan fingerprint density at radius 1 is 0.590 bits per heavy atom. The Balaban J connectivity index is 0.000000186. The summed E-state index contributed by atoms with van der Waals surface area (Å²) in [4.78, 5) is 88.6. The number of benzene rings is 3. The average Bonchev–Trinajstić information content (AvgIpc) is 2.89. The summed E-state index contributed by atoms with van der Waals surface area (Å²) in [6, 6.07) is 33.7. The number of carbonyl (C=O) groups excluding carboxylic acids is 3. The molecule has 3 aromatic carbocycles. The second-order valence-corrected chi connectivity index (χ2v) is 20.3. The van der Waals surface area contributed by atoms with E-state index in [1.807, 2.05) is 91.0 Å². The van der Waals surface area contributed by atoms with E-state index in [4.69, 9.17) is 47.5 Å². The Kier molecular flexibility index (Phi) is 17.7. The molecule has 19 nitrogen and oxygen atoms in total. The second kappa shape index (κ2) is 24.2. The molecule has 0 saturated heterocycles. The van der Waals surface area contributed by atoms with Gasteiger partial charge in [0.2, 0.25) is 0 Å². The summed E-state index contributed by atoms with van der Waals surface area (Å²) in [5, 5.41) is 44.1. The summed E-state index contributed by atoms with van der Waals surface area (Å²) in [6.45, 7) is 5.26. The highest BCUT2D eigenvalue weighted by atomic mass is 35.5. The highest BCUT2D eigenvalue weighted by Gasteiger charge is 2.47. The first-order valence-corrected chi connectivity index (χ1v) is 26.6. The van der Waals surface area contributed by atoms with Crippen molar-refractivity contribution in [3.63, 3.8) is 0 Å². The zero-order chi connectivity index (χ0) is 57.5. The van der Waals surface area contributed by atoms with Gasteiger partial charge in [0.25, 0.3) is 16.7 Å². The minimum Gasteiger partial charge on any atom is -0.458 e. The molecule has 0 spiro atoms. The van der Waals surface area contributed by atoms with Crippen molar-refractivity contribution in [1.82, 2.24) is 29.1 Å². The summed E-state index contributed by atoms with van der Waals surface area (Å²) < 4.78 is 18.0. The van der Waals surface area contributed by atoms with Crippen LogP contribution in [0.25, 0.3) is 44.1 Å². The predicted molar refractivity (Wildman–Crippen MR) is 316 cm³/mol. The van der Waals surface area contributed by atoms with Crippen LogP contribution < -0.4 is 16.7 Å². The maximum Gasteiger partial charge on any atom is 0.343 e. The molecule has 0 saturated carbocycles. The van der Waals surface area contributed by atoms with Crippen molar-refractivity contribution in [2.24, 2.45) is 0 Å². The molecule has 0 amide bonds. The third-order valence-corrected chi connectivity index (χ3v) is 15.7. The van der Waals surface area contributed by atoms with E-state index in [9.17, 15) is 44.1 Å². The average molecular weight is 1170 g/mol. The summed E-state index contributed by atoms with van der Waals surface area (Å²) in [6.07, 6.45) is 3.43. The number of aromatic nitrogens is 6. The van der Waals surface area contributed by atoms with Crippen LogP contribution in [0.15, 0.2) is 136 Å². The number of aromatic amines is 1. The molecule has 0 fully saturated rings. The fraction of sp³-hybridized carbons (Fsp3) is 0.262. The number of aliphatic hydroxyl groups excluding tert-OH is 1. The Hall–Kier alpha value is -8.37. The number of para-hydroxylation sites is 3. The lowest BCUT2D eigenvalue weighted by Gasteiger charge is -2.31. The van der Waals surface area contributed by atoms with Crippen molar-refractivity contribution < 1.29 is 51.9 Å². The predicted octanol–water partition coefficient (Wildman–Crippen LogP) is 7.99. The minimum absolute atomic E-state index is 0. The van der Waals surface area contributed by atoms with E-state index in [2.05, 4.69) is 15.0 Å². The van der Waals surface area contributed by atoms with Crippen LogP contribution in [0.5, 0.6) is 0 Å². The van der Waals surface area contributed by atoms with Gasteiger partial charge in [-0.15, -0.1) is 0 Å². The quantitative estimate of drug-likeness (QED) is 0.0457. The van der Waals surface area contributed by atoms with E-state index in [1.54, 1.807) is 49.7 Å². The molecule has 5 N–H and O–H groups in total. The number of carbonyl (C=O) groups is 3. The van der Waals surface area contributed by atoms with Crippen molar-refractivity contribution in [3.8, 4) is 11.4 Å². The number of H-pyrrole nitrogens is 1. The number of cyclic esters (lactones) is 3. The number of nitrogens with zero attached hydrogens (tertiary/aromatic N) is 5. The molecule has 429 valence electrons. The van der Waals surface area contributed by atoms with Crippen LogP contribution in [0.3, 0.4) is 0 Å². The fourth-order valence-electron chi connectivity index (χ4n) is 10.3. The second-order valence-electron chi connectivity index (χ2n) is 19.6. The van der Waals surface area contributed by atoms with E-state index in [0.717, 1.165) is 44.0 Å². The third kappa shape index (κ3) is 11.0. The Morgan fingerprint density at radius 2 is 1.05 bits per heavy atom. The smallest absolute Gasteiger partial charge is 0.343 e. The standard InChI is InChI=1S/C20H17ClN2O4.C20H16N2O4.C10H8ClNO.C10H11NO4.CH4.B.2H2/c1-2-20(26)15-7-8-23(18(24)14(15)11-27-19(20)25)10-13-9-12-5-3-4-6-16(12)22-17(13)21;1-2-20(25)14-8-16-17-12(7-11-5-3-4-6-15(11)21-17)9-22(16)18(23)13(14)10-26-19(20)24;11-10-8(6-13)5-7-3-1-2-4-9(7)12-10;1-2-10(14)7-3-4-11-8(12)6(7)5-15-9(10)13;;;;/h3-9,26H,2,10-11H2,1H3;3-8,25H,2,9-10H2,1H3;1-5,13H,6H2;3-4,14H,2,5H2,1H3,(H,11,12);1H4;;2*1H/t2*20-;;10-;;;;/m00.0..../s1/i;;;;;;2*1+1. The molecule has 3 radical (unpaired) electrons. The lowest BCUT2D eigenvalue weighted by molar-refractivity contribution is -0.172. The Bertz CT molecular complexity index is 4240. The highest BCUT2D eigenvalue weighted by Crippen LogP contribution is 2.39. The van der Waals surface area contributed by atoms with Gasteiger partial charge in [-0.3, -0.25) is 14.4 Å². The van der Waals surface area contributed by atoms with Crippen LogP contribution in [-0.2, 0) is 84.9 Å². The van der Waals surface area contributed by atoms with Crippen LogP contribution in [0, 0.1) is 0 Å². The number of hydrogen-bond donors (Lipinski definition) is 5. The van der Waals surface area contributed by atoms with Gasteiger partial charge in [0.1, 0.15) is 30.1 Å². The number of fused-ring (bicyclic) bond motifs is 9.